The fourth-order valence-corrected chi connectivity index (χ4v) is 1.61. The molecule has 0 saturated carbocycles. The van der Waals surface area contributed by atoms with Crippen molar-refractivity contribution in [3.63, 3.8) is 0 Å². The Hall–Kier alpha value is -2.10. The van der Waals surface area contributed by atoms with Crippen LogP contribution in [0.2, 0.25) is 0 Å². The fraction of sp³-hybridized carbons (Fsp3) is 0.385. The number of nitrogens with one attached hydrogen (secondary N) is 2. The summed E-state index contributed by atoms with van der Waals surface area (Å²) in [5.41, 5.74) is 1.03. The monoisotopic (exact) mass is 263 g/mol. The zero-order valence-electron chi connectivity index (χ0n) is 11.1. The van der Waals surface area contributed by atoms with E-state index in [4.69, 9.17) is 14.7 Å². The van der Waals surface area contributed by atoms with E-state index in [0.29, 0.717) is 11.3 Å². The number of carbonyl (C=O) groups excluding carboxylic acids is 1. The van der Waals surface area contributed by atoms with E-state index >= 15 is 0 Å². The molecule has 1 aromatic carbocycles. The zero-order chi connectivity index (χ0) is 14.3. The van der Waals surface area contributed by atoms with Gasteiger partial charge < -0.3 is 20.1 Å². The van der Waals surface area contributed by atoms with Crippen LogP contribution in [-0.4, -0.2) is 32.6 Å². The molecule has 0 radical (unpaired) electrons. The average molecular weight is 263 g/mol. The topological polar surface area (TPSA) is 83.4 Å². The molecule has 102 valence electrons. The highest BCUT2D eigenvalue weighted by molar-refractivity contribution is 5.89. The van der Waals surface area contributed by atoms with E-state index in [2.05, 4.69) is 10.6 Å². The van der Waals surface area contributed by atoms with Gasteiger partial charge in [0.25, 0.3) is 0 Å². The Balaban J connectivity index is 2.58. The summed E-state index contributed by atoms with van der Waals surface area (Å²) >= 11 is 0. The van der Waals surface area contributed by atoms with Crippen molar-refractivity contribution in [2.45, 2.75) is 19.3 Å². The predicted octanol–water partition coefficient (Wildman–Crippen LogP) is 1.69. The predicted molar refractivity (Wildman–Crippen MR) is 70.6 cm³/mol. The summed E-state index contributed by atoms with van der Waals surface area (Å²) in [7, 11) is 3.00. The van der Waals surface area contributed by atoms with Crippen molar-refractivity contribution in [2.24, 2.45) is 0 Å². The van der Waals surface area contributed by atoms with Crippen molar-refractivity contribution < 1.29 is 14.3 Å². The summed E-state index contributed by atoms with van der Waals surface area (Å²) in [5.74, 6) is 0. The van der Waals surface area contributed by atoms with Gasteiger partial charge in [-0.15, -0.1) is 0 Å². The number of ether oxygens (including phenoxy) is 2. The number of nitriles is 1. The first-order valence-electron chi connectivity index (χ1n) is 5.74. The summed E-state index contributed by atoms with van der Waals surface area (Å²) < 4.78 is 10.1. The number of anilines is 1. The van der Waals surface area contributed by atoms with E-state index in [1.165, 1.54) is 14.2 Å². The molecule has 1 atom stereocenters. The van der Waals surface area contributed by atoms with Crippen LogP contribution in [0.15, 0.2) is 24.3 Å². The van der Waals surface area contributed by atoms with Gasteiger partial charge in [-0.2, -0.15) is 5.26 Å². The molecule has 0 spiro atoms. The summed E-state index contributed by atoms with van der Waals surface area (Å²) in [4.78, 5) is 11.7. The van der Waals surface area contributed by atoms with Crippen molar-refractivity contribution >= 4 is 11.7 Å². The Bertz CT molecular complexity index is 466. The number of rotatable bonds is 5. The van der Waals surface area contributed by atoms with E-state index in [1.54, 1.807) is 31.2 Å². The molecule has 0 fully saturated rings. The van der Waals surface area contributed by atoms with Gasteiger partial charge in [-0.05, 0) is 25.1 Å². The van der Waals surface area contributed by atoms with Gasteiger partial charge in [0.1, 0.15) is 0 Å². The van der Waals surface area contributed by atoms with Crippen molar-refractivity contribution in [3.8, 4) is 6.07 Å². The van der Waals surface area contributed by atoms with E-state index in [-0.39, 0.29) is 12.1 Å². The van der Waals surface area contributed by atoms with Crippen LogP contribution in [0.1, 0.15) is 12.5 Å². The zero-order valence-corrected chi connectivity index (χ0v) is 11.1. The Kier molecular flexibility index (Phi) is 5.79. The number of hydrogen-bond acceptors (Lipinski definition) is 4. The fourth-order valence-electron chi connectivity index (χ4n) is 1.61. The normalized spacial score (nSPS) is 11.7. The molecule has 0 saturated heterocycles. The first kappa shape index (κ1) is 15.0. The Morgan fingerprint density at radius 2 is 2.05 bits per heavy atom. The second-order valence-corrected chi connectivity index (χ2v) is 3.92. The highest BCUT2D eigenvalue weighted by Gasteiger charge is 2.17. The Labute approximate surface area is 112 Å². The molecule has 6 heteroatoms. The van der Waals surface area contributed by atoms with Crippen LogP contribution in [0.3, 0.4) is 0 Å². The number of benzene rings is 1. The van der Waals surface area contributed by atoms with Crippen LogP contribution in [0, 0.1) is 11.3 Å². The lowest BCUT2D eigenvalue weighted by atomic mass is 10.2. The molecule has 6 nitrogen and oxygen atoms in total. The second-order valence-electron chi connectivity index (χ2n) is 3.92. The van der Waals surface area contributed by atoms with Gasteiger partial charge in [0.05, 0.1) is 17.7 Å². The van der Waals surface area contributed by atoms with Crippen LogP contribution in [0.25, 0.3) is 0 Å². The lowest BCUT2D eigenvalue weighted by Gasteiger charge is -2.22. The van der Waals surface area contributed by atoms with Crippen molar-refractivity contribution in [2.75, 3.05) is 19.5 Å². The van der Waals surface area contributed by atoms with Crippen molar-refractivity contribution in [1.29, 1.82) is 5.26 Å². The highest BCUT2D eigenvalue weighted by Crippen LogP contribution is 2.09. The Morgan fingerprint density at radius 1 is 1.37 bits per heavy atom. The van der Waals surface area contributed by atoms with Gasteiger partial charge in [-0.1, -0.05) is 6.07 Å². The third-order valence-electron chi connectivity index (χ3n) is 2.48. The largest absolute Gasteiger partial charge is 0.354 e. The Morgan fingerprint density at radius 3 is 2.63 bits per heavy atom. The maximum atomic E-state index is 11.7. The van der Waals surface area contributed by atoms with Crippen molar-refractivity contribution in [3.05, 3.63) is 29.8 Å². The number of nitrogens with zero attached hydrogens (tertiary/aromatic N) is 1. The number of methoxy groups -OCH3 is 2. The van der Waals surface area contributed by atoms with Crippen molar-refractivity contribution in [1.82, 2.24) is 5.32 Å². The lowest BCUT2D eigenvalue weighted by molar-refractivity contribution is -0.117. The van der Waals surface area contributed by atoms with E-state index in [0.717, 1.165) is 0 Å². The molecular weight excluding hydrogens is 246 g/mol. The molecule has 1 rings (SSSR count). The third-order valence-corrected chi connectivity index (χ3v) is 2.48. The molecule has 0 aliphatic heterocycles. The molecular formula is C13H17N3O3. The average Bonchev–Trinajstić information content (AvgIpc) is 2.40. The summed E-state index contributed by atoms with van der Waals surface area (Å²) in [6.45, 7) is 1.77. The third kappa shape index (κ3) is 4.58. The molecule has 1 aromatic rings. The van der Waals surface area contributed by atoms with Crippen LogP contribution in [0.4, 0.5) is 10.5 Å². The highest BCUT2D eigenvalue weighted by atomic mass is 16.7. The second kappa shape index (κ2) is 7.36. The molecule has 2 amide bonds. The number of carbonyl (C=O) groups is 1. The summed E-state index contributed by atoms with van der Waals surface area (Å²) in [6, 6.07) is 7.97. The first-order valence-corrected chi connectivity index (χ1v) is 5.74. The SMILES string of the molecule is COC(OC)C(C)NC(=O)Nc1cccc(C#N)c1. The van der Waals surface area contributed by atoms with Gasteiger partial charge in [-0.3, -0.25) is 0 Å². The first-order chi connectivity index (χ1) is 9.10. The smallest absolute Gasteiger partial charge is 0.319 e. The molecule has 19 heavy (non-hydrogen) atoms. The molecule has 0 aliphatic carbocycles. The van der Waals surface area contributed by atoms with Crippen LogP contribution in [0.5, 0.6) is 0 Å². The van der Waals surface area contributed by atoms with Crippen LogP contribution >= 0.6 is 0 Å². The van der Waals surface area contributed by atoms with Crippen LogP contribution in [-0.2, 0) is 9.47 Å². The van der Waals surface area contributed by atoms with Gasteiger partial charge in [0.15, 0.2) is 6.29 Å². The molecule has 0 bridgehead atoms. The lowest BCUT2D eigenvalue weighted by Crippen LogP contribution is -2.44. The maximum Gasteiger partial charge on any atom is 0.319 e. The number of amides is 2. The number of hydrogen-bond donors (Lipinski definition) is 2. The standard InChI is InChI=1S/C13H17N3O3/c1-9(12(18-2)19-3)15-13(17)16-11-6-4-5-10(7-11)8-14/h4-7,9,12H,1-3H3,(H2,15,16,17). The maximum absolute atomic E-state index is 11.7. The molecule has 0 heterocycles. The quantitative estimate of drug-likeness (QED) is 0.792. The van der Waals surface area contributed by atoms with E-state index < -0.39 is 6.29 Å². The molecule has 0 aromatic heterocycles. The number of urea groups is 1. The molecule has 0 aliphatic rings. The van der Waals surface area contributed by atoms with Gasteiger partial charge >= 0.3 is 6.03 Å². The van der Waals surface area contributed by atoms with E-state index in [1.807, 2.05) is 6.07 Å². The summed E-state index contributed by atoms with van der Waals surface area (Å²) in [5, 5.41) is 14.1. The van der Waals surface area contributed by atoms with Gasteiger partial charge in [0, 0.05) is 19.9 Å². The molecule has 1 unspecified atom stereocenters. The van der Waals surface area contributed by atoms with Gasteiger partial charge in [0.2, 0.25) is 0 Å². The minimum atomic E-state index is -0.517. The van der Waals surface area contributed by atoms with E-state index in [9.17, 15) is 4.79 Å². The molecule has 2 N–H and O–H groups in total. The van der Waals surface area contributed by atoms with Gasteiger partial charge in [-0.25, -0.2) is 4.79 Å². The van der Waals surface area contributed by atoms with Crippen LogP contribution < -0.4 is 10.6 Å². The minimum Gasteiger partial charge on any atom is -0.354 e. The minimum absolute atomic E-state index is 0.311. The summed E-state index contributed by atoms with van der Waals surface area (Å²) in [6.07, 6.45) is -0.517.